The summed E-state index contributed by atoms with van der Waals surface area (Å²) in [7, 11) is 0. The number of nitrogens with zero attached hydrogens (tertiary/aromatic N) is 3. The molecule has 0 aliphatic carbocycles. The van der Waals surface area contributed by atoms with E-state index >= 15 is 0 Å². The Morgan fingerprint density at radius 2 is 1.93 bits per heavy atom. The van der Waals surface area contributed by atoms with Gasteiger partial charge in [0, 0.05) is 18.7 Å². The summed E-state index contributed by atoms with van der Waals surface area (Å²) in [6, 6.07) is 16.5. The number of aromatic nitrogens is 3. The highest BCUT2D eigenvalue weighted by Crippen LogP contribution is 2.25. The normalized spacial score (nSPS) is 10.9. The standard InChI is InChI=1S/C23H28N4OS/c1-4-14-27-22(20-11-7-8-17(2)15-20)25-26-23(27)29-16-21(28)24-13-12-19-10-6-5-9-18(19)3/h5-11,15H,4,12-14,16H2,1-3H3,(H,24,28). The maximum atomic E-state index is 12.3. The fraction of sp³-hybridized carbons (Fsp3) is 0.348. The predicted octanol–water partition coefficient (Wildman–Crippen LogP) is 4.42. The molecular weight excluding hydrogens is 380 g/mol. The second-order valence-corrected chi connectivity index (χ2v) is 8.08. The number of carbonyl (C=O) groups is 1. The first-order valence-electron chi connectivity index (χ1n) is 10.0. The summed E-state index contributed by atoms with van der Waals surface area (Å²) in [4.78, 5) is 12.3. The summed E-state index contributed by atoms with van der Waals surface area (Å²) in [6.07, 6.45) is 1.82. The Balaban J connectivity index is 1.58. The van der Waals surface area contributed by atoms with Crippen molar-refractivity contribution in [1.82, 2.24) is 20.1 Å². The second kappa shape index (κ2) is 10.3. The minimum atomic E-state index is 0.0201. The van der Waals surface area contributed by atoms with E-state index in [1.54, 1.807) is 0 Å². The van der Waals surface area contributed by atoms with Crippen molar-refractivity contribution in [3.63, 3.8) is 0 Å². The van der Waals surface area contributed by atoms with Gasteiger partial charge in [0.15, 0.2) is 11.0 Å². The van der Waals surface area contributed by atoms with Crippen LogP contribution in [0.1, 0.15) is 30.0 Å². The van der Waals surface area contributed by atoms with E-state index in [0.29, 0.717) is 12.3 Å². The quantitative estimate of drug-likeness (QED) is 0.532. The maximum Gasteiger partial charge on any atom is 0.230 e. The number of aryl methyl sites for hydroxylation is 2. The van der Waals surface area contributed by atoms with Crippen LogP contribution in [0.2, 0.25) is 0 Å². The Morgan fingerprint density at radius 1 is 1.10 bits per heavy atom. The smallest absolute Gasteiger partial charge is 0.230 e. The van der Waals surface area contributed by atoms with Crippen LogP contribution in [0.4, 0.5) is 0 Å². The molecule has 0 fully saturated rings. The van der Waals surface area contributed by atoms with Gasteiger partial charge in [0.2, 0.25) is 5.91 Å². The van der Waals surface area contributed by atoms with E-state index in [4.69, 9.17) is 0 Å². The van der Waals surface area contributed by atoms with Crippen molar-refractivity contribution >= 4 is 17.7 Å². The topological polar surface area (TPSA) is 59.8 Å². The zero-order chi connectivity index (χ0) is 20.6. The first-order chi connectivity index (χ1) is 14.1. The molecule has 1 amide bonds. The van der Waals surface area contributed by atoms with Crippen molar-refractivity contribution in [3.8, 4) is 11.4 Å². The van der Waals surface area contributed by atoms with E-state index in [1.165, 1.54) is 28.5 Å². The van der Waals surface area contributed by atoms with Gasteiger partial charge in [-0.25, -0.2) is 0 Å². The van der Waals surface area contributed by atoms with E-state index in [-0.39, 0.29) is 5.91 Å². The summed E-state index contributed by atoms with van der Waals surface area (Å²) < 4.78 is 2.11. The molecule has 152 valence electrons. The molecule has 3 aromatic rings. The Kier molecular flexibility index (Phi) is 7.47. The third-order valence-corrected chi connectivity index (χ3v) is 5.72. The van der Waals surface area contributed by atoms with Crippen molar-refractivity contribution in [2.24, 2.45) is 0 Å². The molecule has 0 bridgehead atoms. The number of benzene rings is 2. The lowest BCUT2D eigenvalue weighted by Crippen LogP contribution is -2.27. The van der Waals surface area contributed by atoms with Crippen molar-refractivity contribution < 1.29 is 4.79 Å². The molecule has 1 aromatic heterocycles. The summed E-state index contributed by atoms with van der Waals surface area (Å²) in [6.45, 7) is 7.76. The van der Waals surface area contributed by atoms with Gasteiger partial charge in [0.05, 0.1) is 5.75 Å². The average molecular weight is 409 g/mol. The molecule has 29 heavy (non-hydrogen) atoms. The minimum absolute atomic E-state index is 0.0201. The molecule has 0 aliphatic heterocycles. The fourth-order valence-corrected chi connectivity index (χ4v) is 4.02. The predicted molar refractivity (Wildman–Crippen MR) is 119 cm³/mol. The zero-order valence-corrected chi connectivity index (χ0v) is 18.1. The maximum absolute atomic E-state index is 12.3. The van der Waals surface area contributed by atoms with Crippen LogP contribution < -0.4 is 5.32 Å². The summed E-state index contributed by atoms with van der Waals surface area (Å²) >= 11 is 1.44. The lowest BCUT2D eigenvalue weighted by Gasteiger charge is -2.10. The van der Waals surface area contributed by atoms with Crippen LogP contribution in [-0.4, -0.2) is 33.0 Å². The van der Waals surface area contributed by atoms with Crippen molar-refractivity contribution in [2.75, 3.05) is 12.3 Å². The number of thioether (sulfide) groups is 1. The Bertz CT molecular complexity index is 967. The van der Waals surface area contributed by atoms with Gasteiger partial charge in [-0.3, -0.25) is 4.79 Å². The summed E-state index contributed by atoms with van der Waals surface area (Å²) in [5.41, 5.74) is 4.77. The molecule has 0 atom stereocenters. The SMILES string of the molecule is CCCn1c(SCC(=O)NCCc2ccccc2C)nnc1-c1cccc(C)c1. The van der Waals surface area contributed by atoms with Crippen LogP contribution in [0.25, 0.3) is 11.4 Å². The van der Waals surface area contributed by atoms with Gasteiger partial charge in [-0.2, -0.15) is 0 Å². The molecule has 0 unspecified atom stereocenters. The van der Waals surface area contributed by atoms with E-state index in [1.807, 2.05) is 18.2 Å². The first-order valence-corrected chi connectivity index (χ1v) is 11.0. The molecule has 5 nitrogen and oxygen atoms in total. The molecule has 1 N–H and O–H groups in total. The molecule has 0 spiro atoms. The largest absolute Gasteiger partial charge is 0.355 e. The Hall–Kier alpha value is -2.60. The average Bonchev–Trinajstić information content (AvgIpc) is 3.11. The number of rotatable bonds is 9. The van der Waals surface area contributed by atoms with Gasteiger partial charge in [-0.15, -0.1) is 10.2 Å². The summed E-state index contributed by atoms with van der Waals surface area (Å²) in [5.74, 6) is 1.22. The monoisotopic (exact) mass is 408 g/mol. The number of amides is 1. The molecule has 6 heteroatoms. The van der Waals surface area contributed by atoms with E-state index in [0.717, 1.165) is 35.9 Å². The molecule has 0 saturated heterocycles. The van der Waals surface area contributed by atoms with Gasteiger partial charge in [-0.05, 0) is 43.9 Å². The molecule has 0 aliphatic rings. The number of hydrogen-bond donors (Lipinski definition) is 1. The Labute approximate surface area is 176 Å². The second-order valence-electron chi connectivity index (χ2n) is 7.14. The fourth-order valence-electron chi connectivity index (χ4n) is 3.23. The van der Waals surface area contributed by atoms with Crippen molar-refractivity contribution in [3.05, 3.63) is 65.2 Å². The summed E-state index contributed by atoms with van der Waals surface area (Å²) in [5, 5.41) is 12.5. The highest BCUT2D eigenvalue weighted by atomic mass is 32.2. The lowest BCUT2D eigenvalue weighted by atomic mass is 10.1. The number of carbonyl (C=O) groups excluding carboxylic acids is 1. The third-order valence-electron chi connectivity index (χ3n) is 4.75. The van der Waals surface area contributed by atoms with Gasteiger partial charge in [-0.1, -0.05) is 66.7 Å². The Morgan fingerprint density at radius 3 is 2.69 bits per heavy atom. The van der Waals surface area contributed by atoms with Crippen LogP contribution in [0.3, 0.4) is 0 Å². The van der Waals surface area contributed by atoms with Gasteiger partial charge in [0.25, 0.3) is 0 Å². The zero-order valence-electron chi connectivity index (χ0n) is 17.3. The van der Waals surface area contributed by atoms with Crippen LogP contribution >= 0.6 is 11.8 Å². The molecule has 0 saturated carbocycles. The molecule has 2 aromatic carbocycles. The van der Waals surface area contributed by atoms with Gasteiger partial charge < -0.3 is 9.88 Å². The highest BCUT2D eigenvalue weighted by molar-refractivity contribution is 7.99. The van der Waals surface area contributed by atoms with E-state index < -0.39 is 0 Å². The first kappa shape index (κ1) is 21.1. The number of hydrogen-bond acceptors (Lipinski definition) is 4. The van der Waals surface area contributed by atoms with Crippen molar-refractivity contribution in [1.29, 1.82) is 0 Å². The van der Waals surface area contributed by atoms with Crippen molar-refractivity contribution in [2.45, 2.75) is 45.3 Å². The van der Waals surface area contributed by atoms with Crippen LogP contribution in [0.15, 0.2) is 53.7 Å². The minimum Gasteiger partial charge on any atom is -0.355 e. The lowest BCUT2D eigenvalue weighted by molar-refractivity contribution is -0.118. The molecule has 3 rings (SSSR count). The van der Waals surface area contributed by atoms with E-state index in [9.17, 15) is 4.79 Å². The van der Waals surface area contributed by atoms with E-state index in [2.05, 4.69) is 71.2 Å². The highest BCUT2D eigenvalue weighted by Gasteiger charge is 2.15. The third kappa shape index (κ3) is 5.70. The molecule has 1 heterocycles. The molecular formula is C23H28N4OS. The molecule has 0 radical (unpaired) electrons. The van der Waals surface area contributed by atoms with Crippen LogP contribution in [-0.2, 0) is 17.8 Å². The number of nitrogens with one attached hydrogen (secondary N) is 1. The van der Waals surface area contributed by atoms with Gasteiger partial charge in [0.1, 0.15) is 0 Å². The van der Waals surface area contributed by atoms with Crippen LogP contribution in [0, 0.1) is 13.8 Å². The van der Waals surface area contributed by atoms with Gasteiger partial charge >= 0.3 is 0 Å². The van der Waals surface area contributed by atoms with Crippen LogP contribution in [0.5, 0.6) is 0 Å².